The number of likely N-dealkylation sites (tertiary alicyclic amines) is 2. The number of hydrogen-bond donors (Lipinski definition) is 0. The summed E-state index contributed by atoms with van der Waals surface area (Å²) in [6, 6.07) is 6.41. The molecule has 0 atom stereocenters. The highest BCUT2D eigenvalue weighted by atomic mass is 19.4. The highest BCUT2D eigenvalue weighted by Crippen LogP contribution is 2.42. The fourth-order valence-corrected chi connectivity index (χ4v) is 5.38. The molecular formula is C24H31F6N3O3. The smallest absolute Gasteiger partial charge is 0.426 e. The molecule has 3 fully saturated rings. The number of aryl methyl sites for hydroxylation is 1. The minimum Gasteiger partial charge on any atom is -0.426 e. The molecule has 0 saturated carbocycles. The first-order valence-corrected chi connectivity index (χ1v) is 12.1. The monoisotopic (exact) mass is 523 g/mol. The van der Waals surface area contributed by atoms with Gasteiger partial charge in [0.05, 0.1) is 13.2 Å². The number of benzene rings is 1. The third-order valence-corrected chi connectivity index (χ3v) is 7.40. The molecule has 0 unspecified atom stereocenters. The average molecular weight is 524 g/mol. The summed E-state index contributed by atoms with van der Waals surface area (Å²) in [5.41, 5.74) is 3.47. The van der Waals surface area contributed by atoms with E-state index in [4.69, 9.17) is 4.74 Å². The van der Waals surface area contributed by atoms with E-state index in [1.54, 1.807) is 0 Å². The van der Waals surface area contributed by atoms with Gasteiger partial charge in [0.1, 0.15) is 0 Å². The van der Waals surface area contributed by atoms with E-state index in [0.717, 1.165) is 44.0 Å². The lowest BCUT2D eigenvalue weighted by Gasteiger charge is -2.39. The van der Waals surface area contributed by atoms with Crippen LogP contribution >= 0.6 is 0 Å². The fraction of sp³-hybridized carbons (Fsp3) is 0.708. The van der Waals surface area contributed by atoms with Crippen LogP contribution in [0.2, 0.25) is 0 Å². The summed E-state index contributed by atoms with van der Waals surface area (Å²) in [4.78, 5) is 17.7. The Morgan fingerprint density at radius 3 is 2.22 bits per heavy atom. The topological polar surface area (TPSA) is 45.2 Å². The molecule has 1 aromatic carbocycles. The van der Waals surface area contributed by atoms with Crippen LogP contribution in [0.15, 0.2) is 18.2 Å². The first-order valence-electron chi connectivity index (χ1n) is 12.1. The molecule has 0 aromatic heterocycles. The van der Waals surface area contributed by atoms with Crippen molar-refractivity contribution < 1.29 is 40.6 Å². The van der Waals surface area contributed by atoms with Gasteiger partial charge in [0.15, 0.2) is 0 Å². The summed E-state index contributed by atoms with van der Waals surface area (Å²) in [5, 5.41) is 0. The number of morpholine rings is 1. The van der Waals surface area contributed by atoms with E-state index >= 15 is 0 Å². The maximum Gasteiger partial charge on any atom is 0.434 e. The molecule has 6 nitrogen and oxygen atoms in total. The Morgan fingerprint density at radius 2 is 1.61 bits per heavy atom. The number of piperidine rings is 1. The van der Waals surface area contributed by atoms with Crippen molar-refractivity contribution in [2.24, 2.45) is 5.41 Å². The Balaban J connectivity index is 1.34. The van der Waals surface area contributed by atoms with E-state index in [2.05, 4.69) is 39.7 Å². The van der Waals surface area contributed by atoms with Gasteiger partial charge in [-0.25, -0.2) is 4.79 Å². The molecule has 1 aromatic rings. The maximum absolute atomic E-state index is 12.7. The first-order chi connectivity index (χ1) is 16.9. The molecule has 0 radical (unpaired) electrons. The lowest BCUT2D eigenvalue weighted by molar-refractivity contribution is -0.308. The molecule has 0 aliphatic carbocycles. The predicted octanol–water partition coefficient (Wildman–Crippen LogP) is 4.75. The van der Waals surface area contributed by atoms with Gasteiger partial charge in [0.25, 0.3) is 6.10 Å². The van der Waals surface area contributed by atoms with Crippen molar-refractivity contribution >= 4 is 11.8 Å². The highest BCUT2D eigenvalue weighted by Gasteiger charge is 2.60. The molecule has 1 spiro atoms. The van der Waals surface area contributed by atoms with Crippen LogP contribution in [-0.2, 0) is 16.0 Å². The summed E-state index contributed by atoms with van der Waals surface area (Å²) in [5.74, 6) is 0. The maximum atomic E-state index is 12.7. The molecule has 0 bridgehead atoms. The molecule has 3 aliphatic heterocycles. The van der Waals surface area contributed by atoms with Gasteiger partial charge in [-0.2, -0.15) is 26.3 Å². The number of nitrogens with zero attached hydrogens (tertiary/aromatic N) is 3. The van der Waals surface area contributed by atoms with Crippen LogP contribution in [0.1, 0.15) is 30.4 Å². The minimum absolute atomic E-state index is 0.0681. The minimum atomic E-state index is -5.72. The number of carbonyl (C=O) groups excluding carboxylic acids is 1. The van der Waals surface area contributed by atoms with E-state index in [1.807, 2.05) is 0 Å². The standard InChI is InChI=1S/C24H31F6N3O3/c1-17-2-3-18(19(14-17)32-10-12-35-13-11-32)15-31-7-4-22(16-31)5-8-33(9-6-22)21(34)36-20(23(25,26)27)24(28,29)30/h2-3,14,20H,4-13,15-16H2,1H3. The number of halogens is 6. The van der Waals surface area contributed by atoms with Crippen LogP contribution in [0.4, 0.5) is 36.8 Å². The van der Waals surface area contributed by atoms with Crippen LogP contribution in [0, 0.1) is 12.3 Å². The molecular weight excluding hydrogens is 492 g/mol. The van der Waals surface area contributed by atoms with Crippen LogP contribution in [0.5, 0.6) is 0 Å². The van der Waals surface area contributed by atoms with Gasteiger partial charge in [-0.15, -0.1) is 0 Å². The molecule has 0 N–H and O–H groups in total. The van der Waals surface area contributed by atoms with Gasteiger partial charge >= 0.3 is 18.4 Å². The number of amides is 1. The Morgan fingerprint density at radius 1 is 1.00 bits per heavy atom. The Kier molecular flexibility index (Phi) is 7.66. The molecule has 3 saturated heterocycles. The lowest BCUT2D eigenvalue weighted by Crippen LogP contribution is -2.50. The predicted molar refractivity (Wildman–Crippen MR) is 120 cm³/mol. The van der Waals surface area contributed by atoms with Gasteiger partial charge in [0.2, 0.25) is 0 Å². The zero-order valence-electron chi connectivity index (χ0n) is 20.1. The van der Waals surface area contributed by atoms with Crippen molar-refractivity contribution in [2.75, 3.05) is 57.4 Å². The van der Waals surface area contributed by atoms with Gasteiger partial charge in [0, 0.05) is 45.0 Å². The van der Waals surface area contributed by atoms with Gasteiger partial charge in [-0.3, -0.25) is 4.90 Å². The van der Waals surface area contributed by atoms with Crippen molar-refractivity contribution in [1.29, 1.82) is 0 Å². The van der Waals surface area contributed by atoms with Gasteiger partial charge in [-0.1, -0.05) is 12.1 Å². The summed E-state index contributed by atoms with van der Waals surface area (Å²) in [6.07, 6.45) is -15.3. The van der Waals surface area contributed by atoms with Crippen molar-refractivity contribution in [2.45, 2.75) is 51.2 Å². The number of ether oxygens (including phenoxy) is 2. The number of rotatable bonds is 4. The zero-order valence-corrected chi connectivity index (χ0v) is 20.1. The van der Waals surface area contributed by atoms with Crippen molar-refractivity contribution in [1.82, 2.24) is 9.80 Å². The Labute approximate surface area is 206 Å². The van der Waals surface area contributed by atoms with Gasteiger partial charge < -0.3 is 19.3 Å². The summed E-state index contributed by atoms with van der Waals surface area (Å²) >= 11 is 0. The second-order valence-electron chi connectivity index (χ2n) is 10.0. The molecule has 4 rings (SSSR count). The third kappa shape index (κ3) is 6.19. The second-order valence-corrected chi connectivity index (χ2v) is 10.0. The molecule has 3 aliphatic rings. The summed E-state index contributed by atoms with van der Waals surface area (Å²) in [7, 11) is 0. The average Bonchev–Trinajstić information content (AvgIpc) is 3.19. The summed E-state index contributed by atoms with van der Waals surface area (Å²) in [6.45, 7) is 7.58. The fourth-order valence-electron chi connectivity index (χ4n) is 5.38. The quantitative estimate of drug-likeness (QED) is 0.534. The third-order valence-electron chi connectivity index (χ3n) is 7.40. The molecule has 36 heavy (non-hydrogen) atoms. The second kappa shape index (κ2) is 10.3. The number of alkyl halides is 6. The number of anilines is 1. The van der Waals surface area contributed by atoms with E-state index in [1.165, 1.54) is 16.8 Å². The van der Waals surface area contributed by atoms with Crippen molar-refractivity contribution in [3.8, 4) is 0 Å². The summed E-state index contributed by atoms with van der Waals surface area (Å²) < 4.78 is 85.8. The lowest BCUT2D eigenvalue weighted by atomic mass is 9.78. The van der Waals surface area contributed by atoms with Crippen LogP contribution in [0.25, 0.3) is 0 Å². The molecule has 202 valence electrons. The van der Waals surface area contributed by atoms with E-state index in [-0.39, 0.29) is 18.5 Å². The highest BCUT2D eigenvalue weighted by molar-refractivity contribution is 5.68. The number of carbonyl (C=O) groups is 1. The van der Waals surface area contributed by atoms with Crippen molar-refractivity contribution in [3.05, 3.63) is 29.3 Å². The normalized spacial score (nSPS) is 21.4. The Hall–Kier alpha value is -2.21. The molecule has 1 amide bonds. The van der Waals surface area contributed by atoms with Gasteiger partial charge in [-0.05, 0) is 55.3 Å². The van der Waals surface area contributed by atoms with Crippen LogP contribution < -0.4 is 4.90 Å². The SMILES string of the molecule is Cc1ccc(CN2CCC3(CCN(C(=O)OC(C(F)(F)F)C(F)(F)F)CC3)C2)c(N2CCOCC2)c1. The van der Waals surface area contributed by atoms with Crippen LogP contribution in [-0.4, -0.2) is 86.8 Å². The van der Waals surface area contributed by atoms with Crippen molar-refractivity contribution in [3.63, 3.8) is 0 Å². The molecule has 3 heterocycles. The van der Waals surface area contributed by atoms with Crippen LogP contribution in [0.3, 0.4) is 0 Å². The van der Waals surface area contributed by atoms with E-state index < -0.39 is 24.5 Å². The largest absolute Gasteiger partial charge is 0.434 e. The Bertz CT molecular complexity index is 911. The van der Waals surface area contributed by atoms with E-state index in [9.17, 15) is 31.1 Å². The zero-order chi connectivity index (χ0) is 26.1. The first kappa shape index (κ1) is 26.8. The molecule has 12 heteroatoms. The van der Waals surface area contributed by atoms with E-state index in [0.29, 0.717) is 26.1 Å². The number of hydrogen-bond acceptors (Lipinski definition) is 5.